The van der Waals surface area contributed by atoms with E-state index in [9.17, 15) is 4.79 Å². The largest absolute Gasteiger partial charge is 0.454 e. The van der Waals surface area contributed by atoms with E-state index in [1.165, 1.54) is 0 Å². The number of amides is 1. The highest BCUT2D eigenvalue weighted by Crippen LogP contribution is 2.35. The number of aromatic nitrogens is 1. The SMILES string of the molecule is O=C(Nc1ccccn1)C(CCl)c1ccc2c(c1)OCO2. The lowest BCUT2D eigenvalue weighted by Crippen LogP contribution is -2.22. The number of alkyl halides is 1. The number of fused-ring (bicyclic) bond motifs is 1. The van der Waals surface area contributed by atoms with E-state index in [1.54, 1.807) is 36.5 Å². The van der Waals surface area contributed by atoms with Crippen LogP contribution in [0.2, 0.25) is 0 Å². The second-order valence-corrected chi connectivity index (χ2v) is 4.83. The van der Waals surface area contributed by atoms with E-state index in [-0.39, 0.29) is 18.6 Å². The summed E-state index contributed by atoms with van der Waals surface area (Å²) >= 11 is 5.96. The summed E-state index contributed by atoms with van der Waals surface area (Å²) in [6, 6.07) is 10.7. The zero-order valence-electron chi connectivity index (χ0n) is 11.1. The van der Waals surface area contributed by atoms with Gasteiger partial charge >= 0.3 is 0 Å². The summed E-state index contributed by atoms with van der Waals surface area (Å²) < 4.78 is 10.6. The Morgan fingerprint density at radius 3 is 2.90 bits per heavy atom. The molecule has 1 atom stereocenters. The van der Waals surface area contributed by atoms with Gasteiger partial charge in [0, 0.05) is 12.1 Å². The number of hydrogen-bond acceptors (Lipinski definition) is 4. The number of rotatable bonds is 4. The number of nitrogens with zero attached hydrogens (tertiary/aromatic N) is 1. The molecule has 0 radical (unpaired) electrons. The lowest BCUT2D eigenvalue weighted by Gasteiger charge is -2.14. The summed E-state index contributed by atoms with van der Waals surface area (Å²) in [5, 5.41) is 2.75. The fourth-order valence-corrected chi connectivity index (χ4v) is 2.41. The first-order valence-corrected chi connectivity index (χ1v) is 6.99. The zero-order valence-corrected chi connectivity index (χ0v) is 11.8. The summed E-state index contributed by atoms with van der Waals surface area (Å²) in [6.07, 6.45) is 1.62. The van der Waals surface area contributed by atoms with Gasteiger partial charge in [-0.3, -0.25) is 4.79 Å². The van der Waals surface area contributed by atoms with Crippen molar-refractivity contribution in [2.45, 2.75) is 5.92 Å². The molecule has 1 unspecified atom stereocenters. The molecule has 3 rings (SSSR count). The minimum Gasteiger partial charge on any atom is -0.454 e. The Balaban J connectivity index is 1.79. The Hall–Kier alpha value is -2.27. The molecule has 0 fully saturated rings. The number of anilines is 1. The Morgan fingerprint density at radius 2 is 2.14 bits per heavy atom. The number of benzene rings is 1. The molecular formula is C15H13ClN2O3. The monoisotopic (exact) mass is 304 g/mol. The van der Waals surface area contributed by atoms with Crippen LogP contribution >= 0.6 is 11.6 Å². The maximum Gasteiger partial charge on any atom is 0.234 e. The molecule has 2 heterocycles. The minimum atomic E-state index is -0.483. The number of nitrogens with one attached hydrogen (secondary N) is 1. The molecule has 6 heteroatoms. The number of carbonyl (C=O) groups excluding carboxylic acids is 1. The first-order valence-electron chi connectivity index (χ1n) is 6.45. The molecule has 1 aliphatic rings. The number of pyridine rings is 1. The Morgan fingerprint density at radius 1 is 1.29 bits per heavy atom. The Bertz CT molecular complexity index is 649. The van der Waals surface area contributed by atoms with Gasteiger partial charge in [-0.05, 0) is 29.8 Å². The molecule has 0 saturated carbocycles. The zero-order chi connectivity index (χ0) is 14.7. The molecular weight excluding hydrogens is 292 g/mol. The third kappa shape index (κ3) is 2.92. The van der Waals surface area contributed by atoms with Crippen LogP contribution in [0.1, 0.15) is 11.5 Å². The number of halogens is 1. The van der Waals surface area contributed by atoms with Crippen LogP contribution in [-0.4, -0.2) is 23.6 Å². The van der Waals surface area contributed by atoms with Crippen LogP contribution in [0, 0.1) is 0 Å². The van der Waals surface area contributed by atoms with Gasteiger partial charge in [0.2, 0.25) is 12.7 Å². The van der Waals surface area contributed by atoms with Crippen LogP contribution in [0.5, 0.6) is 11.5 Å². The van der Waals surface area contributed by atoms with Crippen LogP contribution in [0.15, 0.2) is 42.6 Å². The lowest BCUT2D eigenvalue weighted by molar-refractivity contribution is -0.117. The number of ether oxygens (including phenoxy) is 2. The Kier molecular flexibility index (Phi) is 3.92. The van der Waals surface area contributed by atoms with E-state index in [4.69, 9.17) is 21.1 Å². The Labute approximate surface area is 126 Å². The highest BCUT2D eigenvalue weighted by Gasteiger charge is 2.23. The van der Waals surface area contributed by atoms with E-state index < -0.39 is 5.92 Å². The molecule has 0 saturated heterocycles. The molecule has 0 bridgehead atoms. The molecule has 1 aromatic carbocycles. The summed E-state index contributed by atoms with van der Waals surface area (Å²) in [7, 11) is 0. The second-order valence-electron chi connectivity index (χ2n) is 4.52. The quantitative estimate of drug-likeness (QED) is 0.882. The second kappa shape index (κ2) is 6.01. The van der Waals surface area contributed by atoms with Gasteiger partial charge in [0.1, 0.15) is 5.82 Å². The van der Waals surface area contributed by atoms with Crippen molar-refractivity contribution < 1.29 is 14.3 Å². The van der Waals surface area contributed by atoms with Crippen molar-refractivity contribution in [3.05, 3.63) is 48.2 Å². The van der Waals surface area contributed by atoms with Gasteiger partial charge in [0.05, 0.1) is 5.92 Å². The van der Waals surface area contributed by atoms with Gasteiger partial charge in [0.15, 0.2) is 11.5 Å². The maximum atomic E-state index is 12.3. The van der Waals surface area contributed by atoms with Gasteiger partial charge in [-0.25, -0.2) is 4.98 Å². The third-order valence-electron chi connectivity index (χ3n) is 3.19. The van der Waals surface area contributed by atoms with Gasteiger partial charge in [-0.1, -0.05) is 12.1 Å². The third-order valence-corrected chi connectivity index (χ3v) is 3.49. The van der Waals surface area contributed by atoms with Gasteiger partial charge in [0.25, 0.3) is 0 Å². The maximum absolute atomic E-state index is 12.3. The predicted octanol–water partition coefficient (Wildman–Crippen LogP) is 2.77. The summed E-state index contributed by atoms with van der Waals surface area (Å²) in [5.74, 6) is 1.28. The van der Waals surface area contributed by atoms with Crippen molar-refractivity contribution in [1.82, 2.24) is 4.98 Å². The molecule has 108 valence electrons. The van der Waals surface area contributed by atoms with E-state index >= 15 is 0 Å². The predicted molar refractivity (Wildman–Crippen MR) is 78.9 cm³/mol. The molecule has 0 spiro atoms. The van der Waals surface area contributed by atoms with E-state index in [1.807, 2.05) is 6.07 Å². The first kappa shape index (κ1) is 13.7. The molecule has 2 aromatic rings. The van der Waals surface area contributed by atoms with Crippen LogP contribution in [-0.2, 0) is 4.79 Å². The van der Waals surface area contributed by atoms with Gasteiger partial charge in [-0.15, -0.1) is 11.6 Å². The highest BCUT2D eigenvalue weighted by molar-refractivity contribution is 6.20. The molecule has 1 aliphatic heterocycles. The van der Waals surface area contributed by atoms with Crippen molar-refractivity contribution >= 4 is 23.3 Å². The standard InChI is InChI=1S/C15H13ClN2O3/c16-8-11(15(19)18-14-3-1-2-6-17-14)10-4-5-12-13(7-10)21-9-20-12/h1-7,11H,8-9H2,(H,17,18,19). The van der Waals surface area contributed by atoms with Crippen molar-refractivity contribution in [1.29, 1.82) is 0 Å². The van der Waals surface area contributed by atoms with Crippen LogP contribution < -0.4 is 14.8 Å². The summed E-state index contributed by atoms with van der Waals surface area (Å²) in [6.45, 7) is 0.199. The van der Waals surface area contributed by atoms with Crippen molar-refractivity contribution in [3.8, 4) is 11.5 Å². The summed E-state index contributed by atoms with van der Waals surface area (Å²) in [5.41, 5.74) is 0.780. The molecule has 21 heavy (non-hydrogen) atoms. The number of carbonyl (C=O) groups is 1. The fraction of sp³-hybridized carbons (Fsp3) is 0.200. The van der Waals surface area contributed by atoms with Crippen molar-refractivity contribution in [3.63, 3.8) is 0 Å². The lowest BCUT2D eigenvalue weighted by atomic mass is 9.99. The molecule has 1 aromatic heterocycles. The molecule has 5 nitrogen and oxygen atoms in total. The average Bonchev–Trinajstić information content (AvgIpc) is 2.96. The fourth-order valence-electron chi connectivity index (χ4n) is 2.09. The van der Waals surface area contributed by atoms with Crippen LogP contribution in [0.3, 0.4) is 0 Å². The van der Waals surface area contributed by atoms with Crippen LogP contribution in [0.25, 0.3) is 0 Å². The van der Waals surface area contributed by atoms with Gasteiger partial charge < -0.3 is 14.8 Å². The smallest absolute Gasteiger partial charge is 0.234 e. The van der Waals surface area contributed by atoms with E-state index in [0.29, 0.717) is 17.3 Å². The van der Waals surface area contributed by atoms with E-state index in [2.05, 4.69) is 10.3 Å². The summed E-state index contributed by atoms with van der Waals surface area (Å²) in [4.78, 5) is 16.4. The van der Waals surface area contributed by atoms with Crippen LogP contribution in [0.4, 0.5) is 5.82 Å². The van der Waals surface area contributed by atoms with E-state index in [0.717, 1.165) is 5.56 Å². The topological polar surface area (TPSA) is 60.5 Å². The molecule has 0 aliphatic carbocycles. The van der Waals surface area contributed by atoms with Crippen molar-refractivity contribution in [2.24, 2.45) is 0 Å². The normalized spacial score (nSPS) is 13.8. The minimum absolute atomic E-state index is 0.165. The molecule has 1 amide bonds. The molecule has 1 N–H and O–H groups in total. The highest BCUT2D eigenvalue weighted by atomic mass is 35.5. The van der Waals surface area contributed by atoms with Crippen molar-refractivity contribution in [2.75, 3.05) is 18.0 Å². The number of hydrogen-bond donors (Lipinski definition) is 1. The first-order chi connectivity index (χ1) is 10.3. The average molecular weight is 305 g/mol. The van der Waals surface area contributed by atoms with Gasteiger partial charge in [-0.2, -0.15) is 0 Å².